The molecule has 1 fully saturated rings. The third-order valence-corrected chi connectivity index (χ3v) is 5.69. The molecule has 1 N–H and O–H groups in total. The third-order valence-electron chi connectivity index (χ3n) is 3.16. The Morgan fingerprint density at radius 3 is 3.00 bits per heavy atom. The van der Waals surface area contributed by atoms with Crippen LogP contribution in [0.2, 0.25) is 0 Å². The predicted octanol–water partition coefficient (Wildman–Crippen LogP) is -0.327. The van der Waals surface area contributed by atoms with Gasteiger partial charge in [-0.05, 0) is 6.42 Å². The van der Waals surface area contributed by atoms with Crippen molar-refractivity contribution in [1.82, 2.24) is 14.7 Å². The molecule has 9 heteroatoms. The van der Waals surface area contributed by atoms with E-state index in [4.69, 9.17) is 0 Å². The van der Waals surface area contributed by atoms with E-state index in [1.165, 1.54) is 21.9 Å². The summed E-state index contributed by atoms with van der Waals surface area (Å²) in [5.74, 6) is -0.586. The summed E-state index contributed by atoms with van der Waals surface area (Å²) in [7, 11) is -3.07. The van der Waals surface area contributed by atoms with Crippen LogP contribution in [0, 0.1) is 0 Å². The maximum Gasteiger partial charge on any atom is 0.271 e. The minimum Gasteiger partial charge on any atom is -0.348 e. The summed E-state index contributed by atoms with van der Waals surface area (Å²) in [5.41, 5.74) is -0.528. The van der Waals surface area contributed by atoms with Crippen molar-refractivity contribution in [3.8, 4) is 0 Å². The topological polar surface area (TPSA) is 97.6 Å². The van der Waals surface area contributed by atoms with Gasteiger partial charge < -0.3 is 5.32 Å². The molecule has 2 aromatic heterocycles. The Bertz CT molecular complexity index is 837. The summed E-state index contributed by atoms with van der Waals surface area (Å²) >= 11 is 1.30. The number of amides is 1. The fourth-order valence-corrected chi connectivity index (χ4v) is 4.50. The molecule has 0 bridgehead atoms. The average Bonchev–Trinajstić information content (AvgIpc) is 2.96. The van der Waals surface area contributed by atoms with Crippen molar-refractivity contribution in [3.05, 3.63) is 33.7 Å². The first-order valence-electron chi connectivity index (χ1n) is 5.92. The van der Waals surface area contributed by atoms with Gasteiger partial charge in [0.2, 0.25) is 0 Å². The van der Waals surface area contributed by atoms with E-state index in [1.807, 2.05) is 0 Å². The van der Waals surface area contributed by atoms with E-state index in [9.17, 15) is 18.0 Å². The maximum absolute atomic E-state index is 12.1. The van der Waals surface area contributed by atoms with Crippen molar-refractivity contribution < 1.29 is 13.2 Å². The first kappa shape index (κ1) is 13.3. The van der Waals surface area contributed by atoms with E-state index in [-0.39, 0.29) is 17.1 Å². The minimum absolute atomic E-state index is 0.0682. The van der Waals surface area contributed by atoms with E-state index in [2.05, 4.69) is 10.3 Å². The zero-order valence-electron chi connectivity index (χ0n) is 10.3. The molecule has 2 aromatic rings. The molecular weight excluding hydrogens is 302 g/mol. The predicted molar refractivity (Wildman–Crippen MR) is 73.9 cm³/mol. The van der Waals surface area contributed by atoms with Crippen LogP contribution in [0.5, 0.6) is 0 Å². The molecular formula is C11H11N3O4S2. The number of carbonyl (C=O) groups is 1. The summed E-state index contributed by atoms with van der Waals surface area (Å²) in [4.78, 5) is 28.7. The second kappa shape index (κ2) is 4.67. The molecule has 0 aliphatic carbocycles. The smallest absolute Gasteiger partial charge is 0.271 e. The average molecular weight is 313 g/mol. The summed E-state index contributed by atoms with van der Waals surface area (Å²) < 4.78 is 24.0. The minimum atomic E-state index is -3.07. The van der Waals surface area contributed by atoms with Crippen molar-refractivity contribution in [2.75, 3.05) is 11.5 Å². The van der Waals surface area contributed by atoms with Gasteiger partial charge in [0.25, 0.3) is 11.5 Å². The van der Waals surface area contributed by atoms with Crippen LogP contribution < -0.4 is 10.9 Å². The van der Waals surface area contributed by atoms with Crippen LogP contribution in [-0.4, -0.2) is 41.3 Å². The van der Waals surface area contributed by atoms with E-state index in [0.717, 1.165) is 0 Å². The molecule has 1 unspecified atom stereocenters. The molecule has 0 aromatic carbocycles. The highest BCUT2D eigenvalue weighted by atomic mass is 32.2. The van der Waals surface area contributed by atoms with Gasteiger partial charge in [-0.3, -0.25) is 14.0 Å². The number of sulfone groups is 1. The number of hydrogen-bond donors (Lipinski definition) is 1. The van der Waals surface area contributed by atoms with Crippen LogP contribution >= 0.6 is 11.3 Å². The summed E-state index contributed by atoms with van der Waals surface area (Å²) in [5, 5.41) is 4.28. The third kappa shape index (κ3) is 2.34. The molecule has 1 amide bonds. The van der Waals surface area contributed by atoms with Gasteiger partial charge in [-0.15, -0.1) is 11.3 Å². The molecule has 1 atom stereocenters. The molecule has 1 aliphatic rings. The van der Waals surface area contributed by atoms with Crippen molar-refractivity contribution in [2.24, 2.45) is 0 Å². The lowest BCUT2D eigenvalue weighted by molar-refractivity contribution is 0.0939. The monoisotopic (exact) mass is 313 g/mol. The van der Waals surface area contributed by atoms with Crippen LogP contribution in [-0.2, 0) is 9.84 Å². The zero-order chi connectivity index (χ0) is 14.3. The molecule has 3 heterocycles. The van der Waals surface area contributed by atoms with Gasteiger partial charge in [-0.1, -0.05) is 0 Å². The van der Waals surface area contributed by atoms with E-state index in [0.29, 0.717) is 11.4 Å². The summed E-state index contributed by atoms with van der Waals surface area (Å²) in [6.07, 6.45) is 3.16. The molecule has 1 aliphatic heterocycles. The highest BCUT2D eigenvalue weighted by Gasteiger charge is 2.29. The lowest BCUT2D eigenvalue weighted by Crippen LogP contribution is -2.38. The molecule has 1 saturated heterocycles. The number of rotatable bonds is 2. The molecule has 0 spiro atoms. The van der Waals surface area contributed by atoms with Crippen LogP contribution in [0.25, 0.3) is 4.96 Å². The SMILES string of the molecule is O=C(NC1CCS(=O)(=O)C1)c1cnc2sccn2c1=O. The van der Waals surface area contributed by atoms with Gasteiger partial charge in [0.15, 0.2) is 14.8 Å². The van der Waals surface area contributed by atoms with Crippen LogP contribution in [0.15, 0.2) is 22.6 Å². The number of hydrogen-bond acceptors (Lipinski definition) is 6. The van der Waals surface area contributed by atoms with Gasteiger partial charge in [-0.2, -0.15) is 0 Å². The number of carbonyl (C=O) groups excluding carboxylic acids is 1. The maximum atomic E-state index is 12.1. The fraction of sp³-hybridized carbons (Fsp3) is 0.364. The van der Waals surface area contributed by atoms with Crippen LogP contribution in [0.3, 0.4) is 0 Å². The van der Waals surface area contributed by atoms with Crippen LogP contribution in [0.1, 0.15) is 16.8 Å². The van der Waals surface area contributed by atoms with Crippen molar-refractivity contribution in [2.45, 2.75) is 12.5 Å². The number of nitrogens with one attached hydrogen (secondary N) is 1. The van der Waals surface area contributed by atoms with Crippen molar-refractivity contribution in [1.29, 1.82) is 0 Å². The molecule has 0 radical (unpaired) electrons. The Morgan fingerprint density at radius 2 is 2.30 bits per heavy atom. The summed E-state index contributed by atoms with van der Waals surface area (Å²) in [6, 6.07) is -0.435. The normalized spacial score (nSPS) is 21.1. The first-order valence-corrected chi connectivity index (χ1v) is 8.62. The molecule has 7 nitrogen and oxygen atoms in total. The number of thiazole rings is 1. The largest absolute Gasteiger partial charge is 0.348 e. The highest BCUT2D eigenvalue weighted by molar-refractivity contribution is 7.91. The van der Waals surface area contributed by atoms with E-state index >= 15 is 0 Å². The van der Waals surface area contributed by atoms with Gasteiger partial charge >= 0.3 is 0 Å². The Balaban J connectivity index is 1.86. The molecule has 3 rings (SSSR count). The standard InChI is InChI=1S/C11H11N3O4S2/c15-9(13-7-1-4-20(17,18)6-7)8-5-12-11-14(10(8)16)2-3-19-11/h2-3,5,7H,1,4,6H2,(H,13,15). The van der Waals surface area contributed by atoms with E-state index in [1.54, 1.807) is 11.6 Å². The van der Waals surface area contributed by atoms with Gasteiger partial charge in [0, 0.05) is 23.8 Å². The Kier molecular flexibility index (Phi) is 3.09. The lowest BCUT2D eigenvalue weighted by Gasteiger charge is -2.10. The number of aromatic nitrogens is 2. The summed E-state index contributed by atoms with van der Waals surface area (Å²) in [6.45, 7) is 0. The van der Waals surface area contributed by atoms with Crippen LogP contribution in [0.4, 0.5) is 0 Å². The molecule has 20 heavy (non-hydrogen) atoms. The number of nitrogens with zero attached hydrogens (tertiary/aromatic N) is 2. The fourth-order valence-electron chi connectivity index (χ4n) is 2.15. The Morgan fingerprint density at radius 1 is 1.50 bits per heavy atom. The van der Waals surface area contributed by atoms with Crippen molar-refractivity contribution in [3.63, 3.8) is 0 Å². The zero-order valence-corrected chi connectivity index (χ0v) is 11.9. The molecule has 0 saturated carbocycles. The van der Waals surface area contributed by atoms with Gasteiger partial charge in [0.1, 0.15) is 5.56 Å². The van der Waals surface area contributed by atoms with E-state index < -0.39 is 27.3 Å². The Hall–Kier alpha value is -1.74. The van der Waals surface area contributed by atoms with Gasteiger partial charge in [-0.25, -0.2) is 13.4 Å². The highest BCUT2D eigenvalue weighted by Crippen LogP contribution is 2.12. The molecule has 106 valence electrons. The first-order chi connectivity index (χ1) is 9.46. The van der Waals surface area contributed by atoms with Gasteiger partial charge in [0.05, 0.1) is 11.5 Å². The van der Waals surface area contributed by atoms with Crippen molar-refractivity contribution >= 4 is 32.0 Å². The quantitative estimate of drug-likeness (QED) is 0.819. The second-order valence-corrected chi connectivity index (χ2v) is 7.71. The number of fused-ring (bicyclic) bond motifs is 1. The second-order valence-electron chi connectivity index (χ2n) is 4.61. The Labute approximate surface area is 118 Å². The lowest BCUT2D eigenvalue weighted by atomic mass is 10.2.